The topological polar surface area (TPSA) is 90.7 Å². The molecule has 23 heavy (non-hydrogen) atoms. The van der Waals surface area contributed by atoms with Gasteiger partial charge in [0.25, 0.3) is 5.91 Å². The molecule has 0 saturated heterocycles. The van der Waals surface area contributed by atoms with E-state index in [4.69, 9.17) is 15.2 Å². The van der Waals surface area contributed by atoms with Crippen LogP contribution in [-0.2, 0) is 0 Å². The summed E-state index contributed by atoms with van der Waals surface area (Å²) in [5, 5.41) is 2.75. The number of anilines is 1. The Kier molecular flexibility index (Phi) is 5.32. The van der Waals surface area contributed by atoms with E-state index in [0.717, 1.165) is 0 Å². The maximum absolute atomic E-state index is 12.3. The average molecular weight is 314 g/mol. The Hall–Kier alpha value is -2.86. The Bertz CT molecular complexity index is 711. The SMILES string of the molecule is COc1ccc(C(=O)Nc2ccc(C(=O)CN)cc2)cc1OC. The zero-order valence-electron chi connectivity index (χ0n) is 13.0. The summed E-state index contributed by atoms with van der Waals surface area (Å²) in [4.78, 5) is 23.7. The van der Waals surface area contributed by atoms with E-state index in [1.165, 1.54) is 14.2 Å². The van der Waals surface area contributed by atoms with Gasteiger partial charge in [-0.15, -0.1) is 0 Å². The molecule has 2 rings (SSSR count). The van der Waals surface area contributed by atoms with Crippen molar-refractivity contribution >= 4 is 17.4 Å². The number of nitrogens with two attached hydrogens (primary N) is 1. The van der Waals surface area contributed by atoms with Crippen molar-refractivity contribution in [3.05, 3.63) is 53.6 Å². The standard InChI is InChI=1S/C17H18N2O4/c1-22-15-8-5-12(9-16(15)23-2)17(21)19-13-6-3-11(4-7-13)14(20)10-18/h3-9H,10,18H2,1-2H3,(H,19,21). The monoisotopic (exact) mass is 314 g/mol. The maximum Gasteiger partial charge on any atom is 0.255 e. The molecule has 0 fully saturated rings. The number of hydrogen-bond acceptors (Lipinski definition) is 5. The summed E-state index contributed by atoms with van der Waals surface area (Å²) in [6, 6.07) is 11.5. The third-order valence-corrected chi connectivity index (χ3v) is 3.30. The second-order valence-corrected chi connectivity index (χ2v) is 4.73. The van der Waals surface area contributed by atoms with Crippen LogP contribution in [0.1, 0.15) is 20.7 Å². The van der Waals surface area contributed by atoms with Crippen LogP contribution in [0, 0.1) is 0 Å². The molecule has 6 nitrogen and oxygen atoms in total. The summed E-state index contributed by atoms with van der Waals surface area (Å²) in [6.45, 7) is -0.0443. The van der Waals surface area contributed by atoms with E-state index in [0.29, 0.717) is 28.3 Å². The summed E-state index contributed by atoms with van der Waals surface area (Å²) >= 11 is 0. The number of methoxy groups -OCH3 is 2. The molecule has 2 aromatic rings. The van der Waals surface area contributed by atoms with Crippen molar-refractivity contribution in [1.29, 1.82) is 0 Å². The molecule has 2 aromatic carbocycles. The van der Waals surface area contributed by atoms with Gasteiger partial charge in [-0.2, -0.15) is 0 Å². The largest absolute Gasteiger partial charge is 0.493 e. The molecule has 1 amide bonds. The number of ketones is 1. The van der Waals surface area contributed by atoms with Crippen LogP contribution < -0.4 is 20.5 Å². The third kappa shape index (κ3) is 3.87. The molecular weight excluding hydrogens is 296 g/mol. The van der Waals surface area contributed by atoms with Gasteiger partial charge in [0, 0.05) is 16.8 Å². The molecular formula is C17H18N2O4. The van der Waals surface area contributed by atoms with Gasteiger partial charge < -0.3 is 20.5 Å². The van der Waals surface area contributed by atoms with Gasteiger partial charge in [0.15, 0.2) is 17.3 Å². The number of benzene rings is 2. The molecule has 0 aliphatic carbocycles. The van der Waals surface area contributed by atoms with Crippen LogP contribution in [0.25, 0.3) is 0 Å². The summed E-state index contributed by atoms with van der Waals surface area (Å²) in [5.41, 5.74) is 6.84. The number of carbonyl (C=O) groups is 2. The van der Waals surface area contributed by atoms with Crippen molar-refractivity contribution in [2.24, 2.45) is 5.73 Å². The van der Waals surface area contributed by atoms with E-state index in [1.54, 1.807) is 42.5 Å². The molecule has 0 saturated carbocycles. The fourth-order valence-corrected chi connectivity index (χ4v) is 2.04. The molecule has 120 valence electrons. The zero-order valence-corrected chi connectivity index (χ0v) is 13.0. The van der Waals surface area contributed by atoms with Crippen LogP contribution in [0.4, 0.5) is 5.69 Å². The van der Waals surface area contributed by atoms with E-state index in [-0.39, 0.29) is 18.2 Å². The van der Waals surface area contributed by atoms with Gasteiger partial charge in [-0.3, -0.25) is 9.59 Å². The van der Waals surface area contributed by atoms with E-state index < -0.39 is 0 Å². The van der Waals surface area contributed by atoms with Crippen LogP contribution in [0.3, 0.4) is 0 Å². The number of carbonyl (C=O) groups excluding carboxylic acids is 2. The highest BCUT2D eigenvalue weighted by molar-refractivity contribution is 6.05. The minimum absolute atomic E-state index is 0.0443. The first-order chi connectivity index (χ1) is 11.1. The van der Waals surface area contributed by atoms with Gasteiger partial charge in [-0.25, -0.2) is 0 Å². The summed E-state index contributed by atoms with van der Waals surface area (Å²) in [5.74, 6) is 0.587. The number of rotatable bonds is 6. The fourth-order valence-electron chi connectivity index (χ4n) is 2.04. The van der Waals surface area contributed by atoms with Crippen molar-refractivity contribution < 1.29 is 19.1 Å². The predicted molar refractivity (Wildman–Crippen MR) is 87.3 cm³/mol. The lowest BCUT2D eigenvalue weighted by atomic mass is 10.1. The predicted octanol–water partition coefficient (Wildman–Crippen LogP) is 2.10. The summed E-state index contributed by atoms with van der Waals surface area (Å²) in [6.07, 6.45) is 0. The Labute approximate surface area is 134 Å². The van der Waals surface area contributed by atoms with Gasteiger partial charge in [0.2, 0.25) is 0 Å². The highest BCUT2D eigenvalue weighted by atomic mass is 16.5. The molecule has 0 aliphatic rings. The van der Waals surface area contributed by atoms with Crippen molar-refractivity contribution in [1.82, 2.24) is 0 Å². The smallest absolute Gasteiger partial charge is 0.255 e. The fraction of sp³-hybridized carbons (Fsp3) is 0.176. The molecule has 0 aromatic heterocycles. The van der Waals surface area contributed by atoms with Crippen LogP contribution in [0.2, 0.25) is 0 Å². The average Bonchev–Trinajstić information content (AvgIpc) is 2.60. The first-order valence-corrected chi connectivity index (χ1v) is 6.95. The Balaban J connectivity index is 2.14. The maximum atomic E-state index is 12.3. The number of amides is 1. The molecule has 6 heteroatoms. The molecule has 0 spiro atoms. The molecule has 0 heterocycles. The number of hydrogen-bond donors (Lipinski definition) is 2. The molecule has 0 atom stereocenters. The minimum Gasteiger partial charge on any atom is -0.493 e. The van der Waals surface area contributed by atoms with E-state index >= 15 is 0 Å². The van der Waals surface area contributed by atoms with Crippen LogP contribution in [0.5, 0.6) is 11.5 Å². The summed E-state index contributed by atoms with van der Waals surface area (Å²) < 4.78 is 10.3. The minimum atomic E-state index is -0.288. The van der Waals surface area contributed by atoms with Crippen molar-refractivity contribution in [3.8, 4) is 11.5 Å². The first-order valence-electron chi connectivity index (χ1n) is 6.95. The Morgan fingerprint density at radius 1 is 0.957 bits per heavy atom. The van der Waals surface area contributed by atoms with Gasteiger partial charge >= 0.3 is 0 Å². The Morgan fingerprint density at radius 3 is 2.13 bits per heavy atom. The third-order valence-electron chi connectivity index (χ3n) is 3.30. The van der Waals surface area contributed by atoms with Gasteiger partial charge in [-0.05, 0) is 42.5 Å². The van der Waals surface area contributed by atoms with Gasteiger partial charge in [-0.1, -0.05) is 0 Å². The molecule has 0 unspecified atom stereocenters. The highest BCUT2D eigenvalue weighted by Gasteiger charge is 2.11. The number of nitrogens with one attached hydrogen (secondary N) is 1. The lowest BCUT2D eigenvalue weighted by Crippen LogP contribution is -2.14. The van der Waals surface area contributed by atoms with Crippen LogP contribution >= 0.6 is 0 Å². The Morgan fingerprint density at radius 2 is 1.57 bits per heavy atom. The normalized spacial score (nSPS) is 10.0. The lowest BCUT2D eigenvalue weighted by molar-refractivity contribution is 0.0999. The number of Topliss-reactive ketones (excluding diaryl/α,β-unsaturated/α-hetero) is 1. The zero-order chi connectivity index (χ0) is 16.8. The summed E-state index contributed by atoms with van der Waals surface area (Å²) in [7, 11) is 3.04. The molecule has 0 aliphatic heterocycles. The molecule has 0 bridgehead atoms. The second kappa shape index (κ2) is 7.42. The number of ether oxygens (including phenoxy) is 2. The van der Waals surface area contributed by atoms with E-state index in [1.807, 2.05) is 0 Å². The second-order valence-electron chi connectivity index (χ2n) is 4.73. The van der Waals surface area contributed by atoms with Gasteiger partial charge in [0.1, 0.15) is 0 Å². The van der Waals surface area contributed by atoms with Crippen LogP contribution in [-0.4, -0.2) is 32.5 Å². The first kappa shape index (κ1) is 16.5. The van der Waals surface area contributed by atoms with Crippen molar-refractivity contribution in [3.63, 3.8) is 0 Å². The lowest BCUT2D eigenvalue weighted by Gasteiger charge is -2.10. The molecule has 3 N–H and O–H groups in total. The van der Waals surface area contributed by atoms with Crippen molar-refractivity contribution in [2.45, 2.75) is 0 Å². The molecule has 0 radical (unpaired) electrons. The van der Waals surface area contributed by atoms with Gasteiger partial charge in [0.05, 0.1) is 20.8 Å². The van der Waals surface area contributed by atoms with E-state index in [9.17, 15) is 9.59 Å². The van der Waals surface area contributed by atoms with E-state index in [2.05, 4.69) is 5.32 Å². The highest BCUT2D eigenvalue weighted by Crippen LogP contribution is 2.27. The van der Waals surface area contributed by atoms with Crippen molar-refractivity contribution in [2.75, 3.05) is 26.1 Å². The van der Waals surface area contributed by atoms with Crippen LogP contribution in [0.15, 0.2) is 42.5 Å². The quantitative estimate of drug-likeness (QED) is 0.797.